The van der Waals surface area contributed by atoms with Gasteiger partial charge in [0, 0.05) is 11.5 Å². The second kappa shape index (κ2) is 8.14. The Labute approximate surface area is 131 Å². The molecule has 0 radical (unpaired) electrons. The van der Waals surface area contributed by atoms with E-state index >= 15 is 0 Å². The van der Waals surface area contributed by atoms with E-state index in [1.165, 1.54) is 0 Å². The minimum atomic E-state index is -0.145. The summed E-state index contributed by atoms with van der Waals surface area (Å²) in [4.78, 5) is 4.19. The van der Waals surface area contributed by atoms with Crippen molar-refractivity contribution in [3.63, 3.8) is 0 Å². The molecule has 1 unspecified atom stereocenters. The molecule has 1 aliphatic carbocycles. The molecule has 0 saturated heterocycles. The van der Waals surface area contributed by atoms with E-state index in [0.717, 1.165) is 17.6 Å². The van der Waals surface area contributed by atoms with Crippen molar-refractivity contribution in [2.45, 2.75) is 6.42 Å². The smallest absolute Gasteiger partial charge is 0.0852 e. The second-order valence-corrected chi connectivity index (χ2v) is 4.95. The van der Waals surface area contributed by atoms with Gasteiger partial charge in [-0.25, -0.2) is 0 Å². The summed E-state index contributed by atoms with van der Waals surface area (Å²) in [6.07, 6.45) is 23.9. The number of aliphatic hydroxyl groups excluding tert-OH is 2. The molecule has 3 nitrogen and oxygen atoms in total. The van der Waals surface area contributed by atoms with E-state index < -0.39 is 0 Å². The largest absolute Gasteiger partial charge is 0.390 e. The molecular formula is C19H19NO2. The average Bonchev–Trinajstić information content (AvgIpc) is 2.90. The maximum absolute atomic E-state index is 9.30. The van der Waals surface area contributed by atoms with Crippen LogP contribution in [0.5, 0.6) is 0 Å². The second-order valence-electron chi connectivity index (χ2n) is 4.95. The van der Waals surface area contributed by atoms with Crippen molar-refractivity contribution in [3.05, 3.63) is 71.5 Å². The minimum absolute atomic E-state index is 0.0209. The van der Waals surface area contributed by atoms with Gasteiger partial charge in [0.15, 0.2) is 0 Å². The van der Waals surface area contributed by atoms with E-state index in [9.17, 15) is 10.2 Å². The summed E-state index contributed by atoms with van der Waals surface area (Å²) in [6.45, 7) is -0.285. The Bertz CT molecular complexity index is 664. The summed E-state index contributed by atoms with van der Waals surface area (Å²) >= 11 is 0. The molecule has 1 heterocycles. The van der Waals surface area contributed by atoms with Gasteiger partial charge in [0.1, 0.15) is 0 Å². The van der Waals surface area contributed by atoms with Gasteiger partial charge in [0.2, 0.25) is 0 Å². The van der Waals surface area contributed by atoms with Gasteiger partial charge >= 0.3 is 0 Å². The molecule has 2 N–H and O–H groups in total. The Morgan fingerprint density at radius 3 is 2.82 bits per heavy atom. The van der Waals surface area contributed by atoms with Crippen LogP contribution in [0.4, 0.5) is 0 Å². The highest BCUT2D eigenvalue weighted by Crippen LogP contribution is 2.16. The molecule has 0 bridgehead atoms. The van der Waals surface area contributed by atoms with Crippen LogP contribution in [0.1, 0.15) is 6.42 Å². The first kappa shape index (κ1) is 16.0. The van der Waals surface area contributed by atoms with E-state index in [1.54, 1.807) is 6.08 Å². The van der Waals surface area contributed by atoms with Gasteiger partial charge in [-0.05, 0) is 30.2 Å². The first-order chi connectivity index (χ1) is 10.7. The third kappa shape index (κ3) is 4.56. The molecule has 1 atom stereocenters. The van der Waals surface area contributed by atoms with E-state index in [2.05, 4.69) is 17.0 Å². The molecule has 2 aliphatic rings. The highest BCUT2D eigenvalue weighted by atomic mass is 16.3. The van der Waals surface area contributed by atoms with Crippen molar-refractivity contribution < 1.29 is 10.2 Å². The molecule has 0 aromatic carbocycles. The van der Waals surface area contributed by atoms with Crippen molar-refractivity contribution in [3.8, 4) is 12.3 Å². The number of allylic oxidation sites excluding steroid dienone is 10. The van der Waals surface area contributed by atoms with Crippen LogP contribution in [-0.2, 0) is 0 Å². The third-order valence-corrected chi connectivity index (χ3v) is 3.33. The van der Waals surface area contributed by atoms with Crippen molar-refractivity contribution in [1.29, 1.82) is 0 Å². The van der Waals surface area contributed by atoms with E-state index in [0.29, 0.717) is 11.4 Å². The van der Waals surface area contributed by atoms with Crippen molar-refractivity contribution in [2.75, 3.05) is 13.2 Å². The summed E-state index contributed by atoms with van der Waals surface area (Å²) < 4.78 is 0. The zero-order valence-electron chi connectivity index (χ0n) is 12.3. The Morgan fingerprint density at radius 2 is 2.09 bits per heavy atom. The number of nitrogens with zero attached hydrogens (tertiary/aromatic N) is 1. The molecule has 22 heavy (non-hydrogen) atoms. The lowest BCUT2D eigenvalue weighted by atomic mass is 10.0. The van der Waals surface area contributed by atoms with Gasteiger partial charge in [0.05, 0.1) is 24.6 Å². The maximum atomic E-state index is 9.30. The predicted molar refractivity (Wildman–Crippen MR) is 90.2 cm³/mol. The number of hydrogen-bond acceptors (Lipinski definition) is 3. The van der Waals surface area contributed by atoms with Crippen LogP contribution in [0.2, 0.25) is 0 Å². The molecule has 2 rings (SSSR count). The molecule has 0 saturated carbocycles. The number of aliphatic imine (C=N–C) groups is 1. The van der Waals surface area contributed by atoms with Crippen LogP contribution >= 0.6 is 0 Å². The van der Waals surface area contributed by atoms with Crippen LogP contribution in [0.25, 0.3) is 0 Å². The number of terminal acetylenes is 1. The molecule has 112 valence electrons. The van der Waals surface area contributed by atoms with Crippen LogP contribution in [0, 0.1) is 18.3 Å². The monoisotopic (exact) mass is 293 g/mol. The molecule has 0 aromatic heterocycles. The van der Waals surface area contributed by atoms with Gasteiger partial charge in [0.25, 0.3) is 0 Å². The van der Waals surface area contributed by atoms with Crippen molar-refractivity contribution in [1.82, 2.24) is 0 Å². The van der Waals surface area contributed by atoms with Gasteiger partial charge in [-0.1, -0.05) is 42.4 Å². The summed E-state index contributed by atoms with van der Waals surface area (Å²) in [5.74, 6) is 2.65. The first-order valence-corrected chi connectivity index (χ1v) is 7.16. The average molecular weight is 293 g/mol. The zero-order valence-corrected chi connectivity index (χ0v) is 12.3. The fourth-order valence-corrected chi connectivity index (χ4v) is 2.15. The summed E-state index contributed by atoms with van der Waals surface area (Å²) in [5, 5.41) is 18.5. The Morgan fingerprint density at radius 1 is 1.23 bits per heavy atom. The standard InChI is InChI=1S/C19H19NO2/c1-2-15-4-3-5-16(7-6-15)8-9-17-10-11-18(13-21)20-19(12-17)14-22/h1,4-12,17,21-22H,3,13-14H2/b9-8+. The van der Waals surface area contributed by atoms with Crippen LogP contribution in [-0.4, -0.2) is 29.1 Å². The number of aliphatic hydroxyl groups is 2. The third-order valence-electron chi connectivity index (χ3n) is 3.33. The van der Waals surface area contributed by atoms with Gasteiger partial charge in [-0.15, -0.1) is 6.42 Å². The summed E-state index contributed by atoms with van der Waals surface area (Å²) in [6, 6.07) is 0. The van der Waals surface area contributed by atoms with E-state index in [1.807, 2.05) is 42.5 Å². The quantitative estimate of drug-likeness (QED) is 0.782. The molecule has 0 spiro atoms. The summed E-state index contributed by atoms with van der Waals surface area (Å²) in [7, 11) is 0. The molecule has 3 heteroatoms. The first-order valence-electron chi connectivity index (χ1n) is 7.16. The minimum Gasteiger partial charge on any atom is -0.390 e. The topological polar surface area (TPSA) is 52.8 Å². The Balaban J connectivity index is 2.11. The van der Waals surface area contributed by atoms with Gasteiger partial charge in [-0.2, -0.15) is 0 Å². The zero-order chi connectivity index (χ0) is 15.8. The molecular weight excluding hydrogens is 274 g/mol. The normalized spacial score (nSPS) is 21.4. The van der Waals surface area contributed by atoms with Gasteiger partial charge in [-0.3, -0.25) is 4.99 Å². The van der Waals surface area contributed by atoms with Crippen LogP contribution in [0.3, 0.4) is 0 Å². The summed E-state index contributed by atoms with van der Waals surface area (Å²) in [5.41, 5.74) is 3.08. The molecule has 0 fully saturated rings. The van der Waals surface area contributed by atoms with E-state index in [-0.39, 0.29) is 19.1 Å². The van der Waals surface area contributed by atoms with Crippen molar-refractivity contribution >= 4 is 5.71 Å². The lowest BCUT2D eigenvalue weighted by molar-refractivity contribution is 0.328. The predicted octanol–water partition coefficient (Wildman–Crippen LogP) is 2.48. The SMILES string of the molecule is C#CC1=CCC=C(/C=C/C2C=CC(CO)=NC(CO)=C2)C=C1. The van der Waals surface area contributed by atoms with E-state index in [4.69, 9.17) is 6.42 Å². The molecule has 0 amide bonds. The van der Waals surface area contributed by atoms with Crippen LogP contribution < -0.4 is 0 Å². The molecule has 1 aliphatic heterocycles. The Hall–Kier alpha value is -2.41. The fraction of sp³-hybridized carbons (Fsp3) is 0.211. The van der Waals surface area contributed by atoms with Crippen LogP contribution in [0.15, 0.2) is 76.5 Å². The fourth-order valence-electron chi connectivity index (χ4n) is 2.15. The molecule has 0 aromatic rings. The van der Waals surface area contributed by atoms with Crippen molar-refractivity contribution in [2.24, 2.45) is 10.9 Å². The number of hydrogen-bond donors (Lipinski definition) is 2. The maximum Gasteiger partial charge on any atom is 0.0852 e. The lowest BCUT2D eigenvalue weighted by Gasteiger charge is -2.01. The lowest BCUT2D eigenvalue weighted by Crippen LogP contribution is -2.00. The Kier molecular flexibility index (Phi) is 5.91. The van der Waals surface area contributed by atoms with Gasteiger partial charge < -0.3 is 10.2 Å². The number of rotatable bonds is 4. The highest BCUT2D eigenvalue weighted by Gasteiger charge is 2.06. The highest BCUT2D eigenvalue weighted by molar-refractivity contribution is 5.96.